The fraction of sp³-hybridized carbons (Fsp3) is 0.500. The van der Waals surface area contributed by atoms with Crippen molar-refractivity contribution < 1.29 is 9.53 Å². The summed E-state index contributed by atoms with van der Waals surface area (Å²) in [4.78, 5) is 25.4. The highest BCUT2D eigenvalue weighted by Crippen LogP contribution is 2.28. The molecule has 4 heterocycles. The largest absolute Gasteiger partial charge is 0.378 e. The van der Waals surface area contributed by atoms with Crippen molar-refractivity contribution in [3.05, 3.63) is 29.8 Å². The maximum absolute atomic E-state index is 12.6. The summed E-state index contributed by atoms with van der Waals surface area (Å²) < 4.78 is 7.20. The lowest BCUT2D eigenvalue weighted by Gasteiger charge is -2.26. The second-order valence-corrected chi connectivity index (χ2v) is 6.29. The number of nitrogens with zero attached hydrogens (tertiary/aromatic N) is 6. The Morgan fingerprint density at radius 1 is 1.21 bits per heavy atom. The molecule has 0 spiro atoms. The van der Waals surface area contributed by atoms with Gasteiger partial charge in [-0.1, -0.05) is 0 Å². The minimum absolute atomic E-state index is 0.0677. The van der Waals surface area contributed by atoms with Crippen LogP contribution in [-0.2, 0) is 11.3 Å². The van der Waals surface area contributed by atoms with Crippen LogP contribution in [0.5, 0.6) is 0 Å². The molecule has 1 saturated heterocycles. The molecule has 2 aliphatic heterocycles. The highest BCUT2D eigenvalue weighted by Gasteiger charge is 2.32. The van der Waals surface area contributed by atoms with Crippen LogP contribution in [0.4, 0.5) is 11.6 Å². The summed E-state index contributed by atoms with van der Waals surface area (Å²) in [6, 6.07) is 0.256. The minimum atomic E-state index is -0.0677. The van der Waals surface area contributed by atoms with Crippen LogP contribution < -0.4 is 9.80 Å². The average Bonchev–Trinajstić information content (AvgIpc) is 3.21. The van der Waals surface area contributed by atoms with Crippen molar-refractivity contribution in [3.8, 4) is 0 Å². The Bertz CT molecular complexity index is 766. The number of rotatable bonds is 3. The van der Waals surface area contributed by atoms with Gasteiger partial charge in [-0.15, -0.1) is 0 Å². The molecule has 0 unspecified atom stereocenters. The van der Waals surface area contributed by atoms with Gasteiger partial charge in [0, 0.05) is 31.5 Å². The van der Waals surface area contributed by atoms with Gasteiger partial charge in [0.15, 0.2) is 0 Å². The highest BCUT2D eigenvalue weighted by molar-refractivity contribution is 6.09. The summed E-state index contributed by atoms with van der Waals surface area (Å²) in [6.45, 7) is 7.47. The van der Waals surface area contributed by atoms with Gasteiger partial charge in [-0.25, -0.2) is 9.97 Å². The van der Waals surface area contributed by atoms with Crippen LogP contribution in [0.1, 0.15) is 35.9 Å². The molecule has 1 fully saturated rings. The van der Waals surface area contributed by atoms with Gasteiger partial charge >= 0.3 is 0 Å². The summed E-state index contributed by atoms with van der Waals surface area (Å²) in [7, 11) is 0. The molecule has 4 rings (SSSR count). The Hall–Kier alpha value is -2.48. The zero-order chi connectivity index (χ0) is 16.7. The van der Waals surface area contributed by atoms with E-state index < -0.39 is 0 Å². The number of ether oxygens (including phenoxy) is 1. The Labute approximate surface area is 140 Å². The van der Waals surface area contributed by atoms with Crippen LogP contribution in [0.3, 0.4) is 0 Å². The molecule has 24 heavy (non-hydrogen) atoms. The summed E-state index contributed by atoms with van der Waals surface area (Å²) in [5.41, 5.74) is 2.14. The Morgan fingerprint density at radius 2 is 2.00 bits per heavy atom. The number of fused-ring (bicyclic) bond motifs is 1. The topological polar surface area (TPSA) is 76.4 Å². The van der Waals surface area contributed by atoms with Crippen molar-refractivity contribution in [2.24, 2.45) is 0 Å². The number of anilines is 2. The molecule has 0 N–H and O–H groups in total. The number of hydrogen-bond donors (Lipinski definition) is 0. The van der Waals surface area contributed by atoms with E-state index in [0.29, 0.717) is 31.3 Å². The van der Waals surface area contributed by atoms with Crippen molar-refractivity contribution in [1.29, 1.82) is 0 Å². The molecule has 0 bridgehead atoms. The van der Waals surface area contributed by atoms with Crippen molar-refractivity contribution >= 4 is 17.5 Å². The normalized spacial score (nSPS) is 17.7. The van der Waals surface area contributed by atoms with E-state index in [9.17, 15) is 4.79 Å². The number of hydrogen-bond acceptors (Lipinski definition) is 6. The number of aromatic nitrogens is 4. The summed E-state index contributed by atoms with van der Waals surface area (Å²) in [5.74, 6) is 0.603. The first-order valence-corrected chi connectivity index (χ1v) is 8.18. The summed E-state index contributed by atoms with van der Waals surface area (Å²) in [6.07, 6.45) is 5.26. The predicted molar refractivity (Wildman–Crippen MR) is 88.2 cm³/mol. The monoisotopic (exact) mass is 328 g/mol. The van der Waals surface area contributed by atoms with Gasteiger partial charge in [-0.05, 0) is 13.8 Å². The van der Waals surface area contributed by atoms with Crippen LogP contribution in [0.25, 0.3) is 0 Å². The van der Waals surface area contributed by atoms with Crippen LogP contribution in [0, 0.1) is 0 Å². The van der Waals surface area contributed by atoms with E-state index >= 15 is 0 Å². The van der Waals surface area contributed by atoms with Crippen molar-refractivity contribution in [2.45, 2.75) is 26.4 Å². The van der Waals surface area contributed by atoms with E-state index in [-0.39, 0.29) is 11.9 Å². The van der Waals surface area contributed by atoms with E-state index in [4.69, 9.17) is 4.74 Å². The van der Waals surface area contributed by atoms with Gasteiger partial charge in [0.1, 0.15) is 0 Å². The Morgan fingerprint density at radius 3 is 2.71 bits per heavy atom. The predicted octanol–water partition coefficient (Wildman–Crippen LogP) is 1.25. The number of carbonyl (C=O) groups is 1. The van der Waals surface area contributed by atoms with E-state index in [1.54, 1.807) is 17.3 Å². The van der Waals surface area contributed by atoms with E-state index in [0.717, 1.165) is 24.5 Å². The molecule has 0 aliphatic carbocycles. The van der Waals surface area contributed by atoms with Crippen LogP contribution in [0.15, 0.2) is 18.6 Å². The molecule has 0 radical (unpaired) electrons. The molecule has 1 amide bonds. The first kappa shape index (κ1) is 15.1. The number of morpholine rings is 1. The van der Waals surface area contributed by atoms with Gasteiger partial charge in [-0.3, -0.25) is 14.4 Å². The average molecular weight is 328 g/mol. The maximum atomic E-state index is 12.6. The number of amides is 1. The first-order valence-electron chi connectivity index (χ1n) is 8.18. The molecule has 0 saturated carbocycles. The van der Waals surface area contributed by atoms with Crippen molar-refractivity contribution in [2.75, 3.05) is 36.1 Å². The van der Waals surface area contributed by atoms with Gasteiger partial charge in [0.2, 0.25) is 5.95 Å². The third-order valence-corrected chi connectivity index (χ3v) is 4.36. The smallest absolute Gasteiger partial charge is 0.262 e. The van der Waals surface area contributed by atoms with E-state index in [1.165, 1.54) is 0 Å². The zero-order valence-corrected chi connectivity index (χ0v) is 13.8. The fourth-order valence-electron chi connectivity index (χ4n) is 2.95. The highest BCUT2D eigenvalue weighted by atomic mass is 16.5. The molecule has 2 aromatic rings. The number of carbonyl (C=O) groups excluding carboxylic acids is 1. The zero-order valence-electron chi connectivity index (χ0n) is 13.8. The molecule has 0 atom stereocenters. The molecule has 8 nitrogen and oxygen atoms in total. The van der Waals surface area contributed by atoms with Gasteiger partial charge in [-0.2, -0.15) is 5.10 Å². The van der Waals surface area contributed by atoms with Crippen LogP contribution in [0.2, 0.25) is 0 Å². The summed E-state index contributed by atoms with van der Waals surface area (Å²) in [5, 5.41) is 4.31. The lowest BCUT2D eigenvalue weighted by atomic mass is 10.3. The van der Waals surface area contributed by atoms with E-state index in [2.05, 4.69) is 33.8 Å². The standard InChI is InChI=1S/C16H20N6O2/c1-11(2)22-9-12(7-18-22)21-10-14-13(15(21)23)8-17-16(19-14)20-3-5-24-6-4-20/h7-9,11H,3-6,10H2,1-2H3. The van der Waals surface area contributed by atoms with Gasteiger partial charge in [0.05, 0.1) is 42.9 Å². The molecule has 126 valence electrons. The van der Waals surface area contributed by atoms with E-state index in [1.807, 2.05) is 10.9 Å². The summed E-state index contributed by atoms with van der Waals surface area (Å²) >= 11 is 0. The lowest BCUT2D eigenvalue weighted by Crippen LogP contribution is -2.37. The molecule has 2 aliphatic rings. The quantitative estimate of drug-likeness (QED) is 0.844. The second kappa shape index (κ2) is 5.86. The van der Waals surface area contributed by atoms with Gasteiger partial charge < -0.3 is 9.64 Å². The van der Waals surface area contributed by atoms with Crippen molar-refractivity contribution in [3.63, 3.8) is 0 Å². The van der Waals surface area contributed by atoms with Crippen LogP contribution >= 0.6 is 0 Å². The Balaban J connectivity index is 1.59. The molecular weight excluding hydrogens is 308 g/mol. The minimum Gasteiger partial charge on any atom is -0.378 e. The third-order valence-electron chi connectivity index (χ3n) is 4.36. The first-order chi connectivity index (χ1) is 11.6. The van der Waals surface area contributed by atoms with Crippen LogP contribution in [-0.4, -0.2) is 52.0 Å². The third kappa shape index (κ3) is 2.52. The SMILES string of the molecule is CC(C)n1cc(N2Cc3nc(N4CCOCC4)ncc3C2=O)cn1. The Kier molecular flexibility index (Phi) is 3.68. The molecular formula is C16H20N6O2. The van der Waals surface area contributed by atoms with Crippen molar-refractivity contribution in [1.82, 2.24) is 19.7 Å². The molecule has 8 heteroatoms. The molecule has 2 aromatic heterocycles. The lowest BCUT2D eigenvalue weighted by molar-refractivity contribution is 0.0996. The van der Waals surface area contributed by atoms with Gasteiger partial charge in [0.25, 0.3) is 5.91 Å². The second-order valence-electron chi connectivity index (χ2n) is 6.29. The maximum Gasteiger partial charge on any atom is 0.262 e. The molecule has 0 aromatic carbocycles. The fourth-order valence-corrected chi connectivity index (χ4v) is 2.95.